The molecule has 0 aromatic heterocycles. The van der Waals surface area contributed by atoms with Crippen molar-refractivity contribution in [3.63, 3.8) is 0 Å². The third kappa shape index (κ3) is 1.74. The van der Waals surface area contributed by atoms with E-state index in [4.69, 9.17) is 0 Å². The zero-order valence-electron chi connectivity index (χ0n) is 8.80. The van der Waals surface area contributed by atoms with Crippen LogP contribution in [0.3, 0.4) is 0 Å². The van der Waals surface area contributed by atoms with Crippen LogP contribution in [0.25, 0.3) is 0 Å². The molecule has 1 atom stereocenters. The minimum atomic E-state index is 0.323. The third-order valence-corrected chi connectivity index (χ3v) is 4.98. The van der Waals surface area contributed by atoms with Gasteiger partial charge in [0.2, 0.25) is 0 Å². The van der Waals surface area contributed by atoms with Gasteiger partial charge in [0.1, 0.15) is 0 Å². The van der Waals surface area contributed by atoms with Gasteiger partial charge in [-0.05, 0) is 39.4 Å². The fraction of sp³-hybridized carbons (Fsp3) is 0.500. The summed E-state index contributed by atoms with van der Waals surface area (Å²) in [6.07, 6.45) is 1.26. The molecule has 1 aromatic carbocycles. The maximum absolute atomic E-state index is 3.64. The second-order valence-electron chi connectivity index (χ2n) is 4.63. The highest BCUT2D eigenvalue weighted by Crippen LogP contribution is 2.47. The van der Waals surface area contributed by atoms with Crippen molar-refractivity contribution in [3.05, 3.63) is 28.2 Å². The summed E-state index contributed by atoms with van der Waals surface area (Å²) in [7, 11) is 0. The van der Waals surface area contributed by atoms with E-state index in [-0.39, 0.29) is 0 Å². The average Bonchev–Trinajstić information content (AvgIpc) is 2.05. The fourth-order valence-corrected chi connectivity index (χ4v) is 4.43. The maximum atomic E-state index is 3.64. The molecule has 0 saturated heterocycles. The number of halogens is 1. The summed E-state index contributed by atoms with van der Waals surface area (Å²) in [5.41, 5.74) is 1.82. The van der Waals surface area contributed by atoms with Crippen molar-refractivity contribution in [2.24, 2.45) is 0 Å². The van der Waals surface area contributed by atoms with Gasteiger partial charge in [-0.1, -0.05) is 32.9 Å². The van der Waals surface area contributed by atoms with Crippen molar-refractivity contribution < 1.29 is 0 Å². The minimum absolute atomic E-state index is 0.323. The summed E-state index contributed by atoms with van der Waals surface area (Å²) in [6, 6.07) is 6.54. The minimum Gasteiger partial charge on any atom is -0.122 e. The summed E-state index contributed by atoms with van der Waals surface area (Å²) < 4.78 is 1.25. The van der Waals surface area contributed by atoms with Crippen molar-refractivity contribution >= 4 is 27.7 Å². The lowest BCUT2D eigenvalue weighted by molar-refractivity contribution is 0.461. The van der Waals surface area contributed by atoms with Gasteiger partial charge in [0.05, 0.1) is 0 Å². The molecule has 0 amide bonds. The molecule has 14 heavy (non-hydrogen) atoms. The van der Waals surface area contributed by atoms with Gasteiger partial charge in [-0.3, -0.25) is 0 Å². The highest BCUT2D eigenvalue weighted by Gasteiger charge is 2.32. The van der Waals surface area contributed by atoms with E-state index in [0.29, 0.717) is 5.41 Å². The Morgan fingerprint density at radius 3 is 2.86 bits per heavy atom. The predicted octanol–water partition coefficient (Wildman–Crippen LogP) is 4.61. The van der Waals surface area contributed by atoms with E-state index in [1.807, 2.05) is 11.8 Å². The Morgan fingerprint density at radius 2 is 2.14 bits per heavy atom. The molecule has 0 fully saturated rings. The Kier molecular flexibility index (Phi) is 2.69. The third-order valence-electron chi connectivity index (χ3n) is 2.81. The summed E-state index contributed by atoms with van der Waals surface area (Å²) in [6.45, 7) is 7.00. The highest BCUT2D eigenvalue weighted by molar-refractivity contribution is 9.10. The largest absolute Gasteiger partial charge is 0.122 e. The first-order valence-electron chi connectivity index (χ1n) is 4.96. The lowest BCUT2D eigenvalue weighted by atomic mass is 9.80. The molecular formula is C12H15BrS. The second kappa shape index (κ2) is 3.57. The number of hydrogen-bond donors (Lipinski definition) is 0. The Morgan fingerprint density at radius 1 is 1.43 bits per heavy atom. The molecule has 0 nitrogen and oxygen atoms in total. The van der Waals surface area contributed by atoms with E-state index in [2.05, 4.69) is 54.9 Å². The van der Waals surface area contributed by atoms with E-state index in [9.17, 15) is 0 Å². The molecule has 1 aliphatic heterocycles. The van der Waals surface area contributed by atoms with Crippen LogP contribution in [0.15, 0.2) is 27.6 Å². The number of rotatable bonds is 0. The zero-order valence-corrected chi connectivity index (χ0v) is 11.2. The van der Waals surface area contributed by atoms with Gasteiger partial charge in [-0.2, -0.15) is 0 Å². The van der Waals surface area contributed by atoms with Crippen LogP contribution in [0.4, 0.5) is 0 Å². The Hall–Kier alpha value is 0.0500. The monoisotopic (exact) mass is 270 g/mol. The number of benzene rings is 1. The molecule has 0 bridgehead atoms. The van der Waals surface area contributed by atoms with Crippen LogP contribution >= 0.6 is 27.7 Å². The standard InChI is InChI=1S/C12H15BrS/c1-8-7-12(2,3)9-5-4-6-10(13)11(9)14-8/h4-6,8H,7H2,1-3H3/t8-/m0/s1. The Bertz CT molecular complexity index is 357. The first-order valence-corrected chi connectivity index (χ1v) is 6.63. The predicted molar refractivity (Wildman–Crippen MR) is 67.1 cm³/mol. The van der Waals surface area contributed by atoms with Gasteiger partial charge in [-0.15, -0.1) is 11.8 Å². The molecule has 0 saturated carbocycles. The van der Waals surface area contributed by atoms with Crippen LogP contribution in [-0.2, 0) is 5.41 Å². The molecule has 76 valence electrons. The van der Waals surface area contributed by atoms with Gasteiger partial charge >= 0.3 is 0 Å². The average molecular weight is 271 g/mol. The highest BCUT2D eigenvalue weighted by atomic mass is 79.9. The second-order valence-corrected chi connectivity index (χ2v) is 6.94. The smallest absolute Gasteiger partial charge is 0.0314 e. The number of hydrogen-bond acceptors (Lipinski definition) is 1. The van der Waals surface area contributed by atoms with Crippen LogP contribution in [0, 0.1) is 0 Å². The number of fused-ring (bicyclic) bond motifs is 1. The normalized spacial score (nSPS) is 24.4. The molecule has 1 aromatic rings. The van der Waals surface area contributed by atoms with Crippen molar-refractivity contribution in [1.82, 2.24) is 0 Å². The lowest BCUT2D eigenvalue weighted by Gasteiger charge is -2.36. The first-order chi connectivity index (χ1) is 6.50. The van der Waals surface area contributed by atoms with Crippen LogP contribution in [0.5, 0.6) is 0 Å². The molecule has 0 aliphatic carbocycles. The van der Waals surface area contributed by atoms with Crippen LogP contribution in [0.1, 0.15) is 32.8 Å². The molecule has 0 unspecified atom stereocenters. The molecular weight excluding hydrogens is 256 g/mol. The van der Waals surface area contributed by atoms with E-state index in [0.717, 1.165) is 5.25 Å². The molecule has 2 rings (SSSR count). The van der Waals surface area contributed by atoms with Crippen molar-refractivity contribution in [2.45, 2.75) is 42.8 Å². The van der Waals surface area contributed by atoms with E-state index in [1.165, 1.54) is 21.4 Å². The van der Waals surface area contributed by atoms with Gasteiger partial charge in [0.15, 0.2) is 0 Å². The van der Waals surface area contributed by atoms with Crippen molar-refractivity contribution in [1.29, 1.82) is 0 Å². The van der Waals surface area contributed by atoms with E-state index in [1.54, 1.807) is 0 Å². The molecule has 0 radical (unpaired) electrons. The molecule has 2 heteroatoms. The topological polar surface area (TPSA) is 0 Å². The van der Waals surface area contributed by atoms with Crippen LogP contribution in [-0.4, -0.2) is 5.25 Å². The maximum Gasteiger partial charge on any atom is 0.0314 e. The molecule has 0 spiro atoms. The molecule has 0 N–H and O–H groups in total. The lowest BCUT2D eigenvalue weighted by Crippen LogP contribution is -2.26. The van der Waals surface area contributed by atoms with E-state index < -0.39 is 0 Å². The number of thioether (sulfide) groups is 1. The van der Waals surface area contributed by atoms with Crippen LogP contribution < -0.4 is 0 Å². The van der Waals surface area contributed by atoms with Crippen molar-refractivity contribution in [3.8, 4) is 0 Å². The first kappa shape index (κ1) is 10.6. The van der Waals surface area contributed by atoms with E-state index >= 15 is 0 Å². The van der Waals surface area contributed by atoms with Crippen molar-refractivity contribution in [2.75, 3.05) is 0 Å². The van der Waals surface area contributed by atoms with Gasteiger partial charge in [-0.25, -0.2) is 0 Å². The summed E-state index contributed by atoms with van der Waals surface area (Å²) in [5.74, 6) is 0. The SMILES string of the molecule is C[C@H]1CC(C)(C)c2cccc(Br)c2S1. The van der Waals surface area contributed by atoms with Gasteiger partial charge in [0, 0.05) is 14.6 Å². The van der Waals surface area contributed by atoms with Crippen LogP contribution in [0.2, 0.25) is 0 Å². The summed E-state index contributed by atoms with van der Waals surface area (Å²) >= 11 is 5.63. The molecule has 1 aliphatic rings. The zero-order chi connectivity index (χ0) is 10.3. The van der Waals surface area contributed by atoms with Gasteiger partial charge < -0.3 is 0 Å². The summed E-state index contributed by atoms with van der Waals surface area (Å²) in [4.78, 5) is 1.44. The summed E-state index contributed by atoms with van der Waals surface area (Å²) in [5, 5.41) is 0.719. The van der Waals surface area contributed by atoms with Gasteiger partial charge in [0.25, 0.3) is 0 Å². The quantitative estimate of drug-likeness (QED) is 0.664. The fourth-order valence-electron chi connectivity index (χ4n) is 2.23. The Labute approximate surface area is 98.6 Å². The Balaban J connectivity index is 2.57. The molecule has 1 heterocycles.